The molecule has 0 unspecified atom stereocenters. The van der Waals surface area contributed by atoms with Gasteiger partial charge in [-0.25, -0.2) is 14.6 Å². The first-order chi connectivity index (χ1) is 9.63. The summed E-state index contributed by atoms with van der Waals surface area (Å²) in [7, 11) is 0. The SMILES string of the molecule is Cc1nc(Cl)cc(Sc2nnc(-c3cccs3)n2N)n1. The fourth-order valence-corrected chi connectivity index (χ4v) is 3.37. The molecule has 0 spiro atoms. The first-order valence-corrected chi connectivity index (χ1v) is 7.64. The molecule has 0 fully saturated rings. The fraction of sp³-hybridized carbons (Fsp3) is 0.0909. The standard InChI is InChI=1S/C11H9ClN6S2/c1-6-14-8(12)5-9(15-6)20-11-17-16-10(18(11)13)7-3-2-4-19-7/h2-5H,13H2,1H3. The van der Waals surface area contributed by atoms with Gasteiger partial charge in [-0.2, -0.15) is 0 Å². The largest absolute Gasteiger partial charge is 0.335 e. The zero-order valence-corrected chi connectivity index (χ0v) is 12.7. The summed E-state index contributed by atoms with van der Waals surface area (Å²) in [6.07, 6.45) is 0. The van der Waals surface area contributed by atoms with Crippen LogP contribution in [-0.2, 0) is 0 Å². The van der Waals surface area contributed by atoms with E-state index in [1.54, 1.807) is 24.3 Å². The predicted octanol–water partition coefficient (Wildman–Crippen LogP) is 2.62. The summed E-state index contributed by atoms with van der Waals surface area (Å²) in [5, 5.41) is 11.8. The molecule has 3 aromatic heterocycles. The lowest BCUT2D eigenvalue weighted by atomic mass is 10.4. The van der Waals surface area contributed by atoms with Crippen LogP contribution in [0.5, 0.6) is 0 Å². The summed E-state index contributed by atoms with van der Waals surface area (Å²) < 4.78 is 1.45. The molecule has 0 amide bonds. The topological polar surface area (TPSA) is 82.5 Å². The van der Waals surface area contributed by atoms with Crippen molar-refractivity contribution in [3.05, 3.63) is 34.6 Å². The average Bonchev–Trinajstić information content (AvgIpc) is 2.99. The summed E-state index contributed by atoms with van der Waals surface area (Å²) in [5.41, 5.74) is 0. The highest BCUT2D eigenvalue weighted by Gasteiger charge is 2.14. The van der Waals surface area contributed by atoms with E-state index in [1.165, 1.54) is 16.4 Å². The molecule has 3 heterocycles. The third kappa shape index (κ3) is 2.62. The van der Waals surface area contributed by atoms with Gasteiger partial charge < -0.3 is 5.84 Å². The molecule has 0 aliphatic rings. The number of nitrogens with two attached hydrogens (primary N) is 1. The maximum absolute atomic E-state index is 6.02. The van der Waals surface area contributed by atoms with E-state index in [0.717, 1.165) is 4.88 Å². The van der Waals surface area contributed by atoms with Crippen molar-refractivity contribution < 1.29 is 0 Å². The van der Waals surface area contributed by atoms with Crippen molar-refractivity contribution in [2.24, 2.45) is 0 Å². The number of hydrogen-bond acceptors (Lipinski definition) is 7. The first-order valence-electron chi connectivity index (χ1n) is 5.57. The molecule has 0 saturated heterocycles. The highest BCUT2D eigenvalue weighted by atomic mass is 35.5. The van der Waals surface area contributed by atoms with Crippen molar-refractivity contribution in [3.63, 3.8) is 0 Å². The zero-order valence-electron chi connectivity index (χ0n) is 10.3. The molecule has 3 aromatic rings. The molecule has 0 aromatic carbocycles. The Balaban J connectivity index is 1.92. The summed E-state index contributed by atoms with van der Waals surface area (Å²) >= 11 is 8.76. The van der Waals surface area contributed by atoms with Crippen molar-refractivity contribution in [2.45, 2.75) is 17.1 Å². The lowest BCUT2D eigenvalue weighted by Gasteiger charge is -2.03. The number of nitrogens with zero attached hydrogens (tertiary/aromatic N) is 5. The van der Waals surface area contributed by atoms with E-state index in [0.29, 0.717) is 27.0 Å². The number of thiophene rings is 1. The highest BCUT2D eigenvalue weighted by molar-refractivity contribution is 7.99. The van der Waals surface area contributed by atoms with E-state index in [9.17, 15) is 0 Å². The minimum absolute atomic E-state index is 0.390. The number of rotatable bonds is 3. The van der Waals surface area contributed by atoms with Gasteiger partial charge in [-0.15, -0.1) is 21.5 Å². The Labute approximate surface area is 128 Å². The van der Waals surface area contributed by atoms with E-state index in [1.807, 2.05) is 17.5 Å². The van der Waals surface area contributed by atoms with E-state index < -0.39 is 0 Å². The Morgan fingerprint density at radius 2 is 2.20 bits per heavy atom. The second kappa shape index (κ2) is 5.39. The van der Waals surface area contributed by atoms with Gasteiger partial charge in [-0.3, -0.25) is 0 Å². The Morgan fingerprint density at radius 3 is 2.90 bits per heavy atom. The number of nitrogen functional groups attached to an aromatic ring is 1. The lowest BCUT2D eigenvalue weighted by Crippen LogP contribution is -2.11. The smallest absolute Gasteiger partial charge is 0.216 e. The van der Waals surface area contributed by atoms with Crippen LogP contribution in [0.4, 0.5) is 0 Å². The molecule has 0 radical (unpaired) electrons. The molecule has 3 rings (SSSR count). The quantitative estimate of drug-likeness (QED) is 0.589. The van der Waals surface area contributed by atoms with Crippen LogP contribution in [-0.4, -0.2) is 24.8 Å². The van der Waals surface area contributed by atoms with Gasteiger partial charge in [0.1, 0.15) is 16.0 Å². The zero-order chi connectivity index (χ0) is 14.1. The molecular weight excluding hydrogens is 316 g/mol. The van der Waals surface area contributed by atoms with Crippen molar-refractivity contribution in [2.75, 3.05) is 5.84 Å². The summed E-state index contributed by atoms with van der Waals surface area (Å²) in [4.78, 5) is 9.25. The molecule has 6 nitrogen and oxygen atoms in total. The van der Waals surface area contributed by atoms with Gasteiger partial charge in [0.15, 0.2) is 5.82 Å². The minimum Gasteiger partial charge on any atom is -0.335 e. The maximum Gasteiger partial charge on any atom is 0.216 e. The molecule has 20 heavy (non-hydrogen) atoms. The normalized spacial score (nSPS) is 10.9. The minimum atomic E-state index is 0.390. The maximum atomic E-state index is 6.02. The molecule has 0 aliphatic heterocycles. The van der Waals surface area contributed by atoms with Crippen LogP contribution in [0.2, 0.25) is 5.15 Å². The third-order valence-corrected chi connectivity index (χ3v) is 4.32. The fourth-order valence-electron chi connectivity index (χ4n) is 1.57. The molecular formula is C11H9ClN6S2. The van der Waals surface area contributed by atoms with Crippen molar-refractivity contribution in [3.8, 4) is 10.7 Å². The van der Waals surface area contributed by atoms with E-state index in [4.69, 9.17) is 17.4 Å². The summed E-state index contributed by atoms with van der Waals surface area (Å²) in [5.74, 6) is 7.24. The van der Waals surface area contributed by atoms with Gasteiger partial charge in [-0.05, 0) is 30.1 Å². The monoisotopic (exact) mass is 324 g/mol. The molecule has 2 N–H and O–H groups in total. The van der Waals surface area contributed by atoms with E-state index >= 15 is 0 Å². The average molecular weight is 325 g/mol. The van der Waals surface area contributed by atoms with Crippen LogP contribution in [0.25, 0.3) is 10.7 Å². The van der Waals surface area contributed by atoms with Gasteiger partial charge in [0.25, 0.3) is 0 Å². The van der Waals surface area contributed by atoms with Crippen LogP contribution in [0.3, 0.4) is 0 Å². The molecule has 0 atom stereocenters. The number of aromatic nitrogens is 5. The van der Waals surface area contributed by atoms with E-state index in [-0.39, 0.29) is 0 Å². The highest BCUT2D eigenvalue weighted by Crippen LogP contribution is 2.29. The predicted molar refractivity (Wildman–Crippen MR) is 79.4 cm³/mol. The molecule has 0 bridgehead atoms. The lowest BCUT2D eigenvalue weighted by molar-refractivity contribution is 0.845. The van der Waals surface area contributed by atoms with Gasteiger partial charge in [0.2, 0.25) is 5.16 Å². The van der Waals surface area contributed by atoms with Crippen LogP contribution in [0.15, 0.2) is 33.8 Å². The second-order valence-corrected chi connectivity index (χ2v) is 6.15. The molecule has 9 heteroatoms. The van der Waals surface area contributed by atoms with Gasteiger partial charge in [-0.1, -0.05) is 17.7 Å². The Hall–Kier alpha value is -1.64. The van der Waals surface area contributed by atoms with Gasteiger partial charge in [0, 0.05) is 6.07 Å². The summed E-state index contributed by atoms with van der Waals surface area (Å²) in [6.45, 7) is 1.78. The molecule has 0 aliphatic carbocycles. The summed E-state index contributed by atoms with van der Waals surface area (Å²) in [6, 6.07) is 5.55. The first kappa shape index (κ1) is 13.3. The van der Waals surface area contributed by atoms with Crippen LogP contribution < -0.4 is 5.84 Å². The van der Waals surface area contributed by atoms with Gasteiger partial charge in [0.05, 0.1) is 4.88 Å². The Bertz CT molecular complexity index is 719. The molecule has 102 valence electrons. The second-order valence-electron chi connectivity index (χ2n) is 3.83. The van der Waals surface area contributed by atoms with Crippen molar-refractivity contribution in [1.29, 1.82) is 0 Å². The molecule has 0 saturated carbocycles. The number of hydrogen-bond donors (Lipinski definition) is 1. The van der Waals surface area contributed by atoms with E-state index in [2.05, 4.69) is 20.2 Å². The van der Waals surface area contributed by atoms with Crippen LogP contribution in [0, 0.1) is 6.92 Å². The van der Waals surface area contributed by atoms with Crippen molar-refractivity contribution >= 4 is 34.7 Å². The Kier molecular flexibility index (Phi) is 3.60. The van der Waals surface area contributed by atoms with Gasteiger partial charge >= 0.3 is 0 Å². The number of aryl methyl sites for hydroxylation is 1. The van der Waals surface area contributed by atoms with Crippen LogP contribution >= 0.6 is 34.7 Å². The van der Waals surface area contributed by atoms with Crippen molar-refractivity contribution in [1.82, 2.24) is 24.8 Å². The number of halogens is 1. The van der Waals surface area contributed by atoms with Crippen LogP contribution in [0.1, 0.15) is 5.82 Å². The third-order valence-electron chi connectivity index (χ3n) is 2.39. The Morgan fingerprint density at radius 1 is 1.35 bits per heavy atom.